The van der Waals surface area contributed by atoms with Crippen LogP contribution in [0.25, 0.3) is 11.1 Å². The third-order valence-electron chi connectivity index (χ3n) is 6.51. The summed E-state index contributed by atoms with van der Waals surface area (Å²) < 4.78 is 7.02. The number of hydrogen-bond acceptors (Lipinski definition) is 5. The molecule has 3 N–H and O–H groups in total. The largest absolute Gasteiger partial charge is 0.479 e. The fourth-order valence-corrected chi connectivity index (χ4v) is 4.33. The van der Waals surface area contributed by atoms with Crippen LogP contribution in [0.15, 0.2) is 60.9 Å². The molecule has 4 rings (SSSR count). The van der Waals surface area contributed by atoms with E-state index in [1.807, 2.05) is 48.5 Å². The molecule has 0 saturated carbocycles. The van der Waals surface area contributed by atoms with E-state index in [1.165, 1.54) is 24.0 Å². The molecule has 1 aliphatic carbocycles. The fourth-order valence-electron chi connectivity index (χ4n) is 4.33. The number of ether oxygens (including phenoxy) is 1. The maximum absolute atomic E-state index is 13.0. The number of aromatic nitrogens is 2. The van der Waals surface area contributed by atoms with E-state index >= 15 is 0 Å². The number of carboxylic acids is 1. The Morgan fingerprint density at radius 3 is 2.23 bits per heavy atom. The lowest BCUT2D eigenvalue weighted by atomic mass is 9.96. The second-order valence-electron chi connectivity index (χ2n) is 8.83. The van der Waals surface area contributed by atoms with Gasteiger partial charge in [-0.25, -0.2) is 9.59 Å². The first-order chi connectivity index (χ1) is 16.7. The van der Waals surface area contributed by atoms with E-state index in [-0.39, 0.29) is 18.9 Å². The van der Waals surface area contributed by atoms with Gasteiger partial charge in [-0.15, -0.1) is 0 Å². The van der Waals surface area contributed by atoms with Crippen LogP contribution in [-0.4, -0.2) is 45.0 Å². The zero-order valence-electron chi connectivity index (χ0n) is 19.8. The molecule has 1 aromatic heterocycles. The highest BCUT2D eigenvalue weighted by Crippen LogP contribution is 2.44. The van der Waals surface area contributed by atoms with Gasteiger partial charge in [0.1, 0.15) is 12.1 Å². The van der Waals surface area contributed by atoms with E-state index in [2.05, 4.69) is 15.7 Å². The minimum Gasteiger partial charge on any atom is -0.479 e. The van der Waals surface area contributed by atoms with Crippen LogP contribution in [0, 0.1) is 0 Å². The van der Waals surface area contributed by atoms with Gasteiger partial charge in [0.05, 0.1) is 6.20 Å². The highest BCUT2D eigenvalue weighted by molar-refractivity contribution is 5.92. The van der Waals surface area contributed by atoms with E-state index < -0.39 is 29.6 Å². The Balaban J connectivity index is 1.44. The Morgan fingerprint density at radius 2 is 1.71 bits per heavy atom. The van der Waals surface area contributed by atoms with E-state index in [1.54, 1.807) is 14.0 Å². The second kappa shape index (κ2) is 9.61. The molecule has 2 unspecified atom stereocenters. The number of rotatable bonds is 8. The molecule has 2 atom stereocenters. The molecule has 35 heavy (non-hydrogen) atoms. The minimum atomic E-state index is -1.38. The summed E-state index contributed by atoms with van der Waals surface area (Å²) in [6, 6.07) is 14.7. The van der Waals surface area contributed by atoms with Crippen molar-refractivity contribution in [2.75, 3.05) is 6.61 Å². The molecule has 0 fully saturated rings. The number of carbonyl (C=O) groups is 3. The first-order valence-electron chi connectivity index (χ1n) is 11.4. The molecule has 1 aliphatic rings. The summed E-state index contributed by atoms with van der Waals surface area (Å²) in [6.07, 6.45) is 2.37. The number of aryl methyl sites for hydroxylation is 1. The van der Waals surface area contributed by atoms with Gasteiger partial charge in [-0.3, -0.25) is 9.48 Å². The molecule has 0 radical (unpaired) electrons. The zero-order chi connectivity index (χ0) is 25.2. The molecule has 182 valence electrons. The monoisotopic (exact) mass is 476 g/mol. The van der Waals surface area contributed by atoms with Gasteiger partial charge >= 0.3 is 12.1 Å². The molecule has 1 heterocycles. The standard InChI is InChI=1S/C26H28N4O5/c1-4-26(2,24(33)28-22(23(31)32)16-13-27-30(3)14-16)29-25(34)35-15-21-19-11-7-5-9-17(19)18-10-6-8-12-20(18)21/h5-14,21-22H,4,15H2,1-3H3,(H,28,33)(H,29,34)(H,31,32). The van der Waals surface area contributed by atoms with Crippen molar-refractivity contribution in [2.24, 2.45) is 7.05 Å². The lowest BCUT2D eigenvalue weighted by Gasteiger charge is -2.29. The predicted octanol–water partition coefficient (Wildman–Crippen LogP) is 3.37. The number of nitrogens with one attached hydrogen (secondary N) is 2. The van der Waals surface area contributed by atoms with Gasteiger partial charge in [-0.05, 0) is 35.6 Å². The van der Waals surface area contributed by atoms with E-state index in [4.69, 9.17) is 4.74 Å². The van der Waals surface area contributed by atoms with Crippen LogP contribution in [0.5, 0.6) is 0 Å². The first kappa shape index (κ1) is 24.0. The molecule has 0 spiro atoms. The quantitative estimate of drug-likeness (QED) is 0.458. The van der Waals surface area contributed by atoms with Gasteiger partial charge in [-0.1, -0.05) is 55.5 Å². The molecule has 0 bridgehead atoms. The summed E-state index contributed by atoms with van der Waals surface area (Å²) in [7, 11) is 1.65. The number of nitrogens with zero attached hydrogens (tertiary/aromatic N) is 2. The van der Waals surface area contributed by atoms with Crippen molar-refractivity contribution >= 4 is 18.0 Å². The Kier molecular flexibility index (Phi) is 6.59. The van der Waals surface area contributed by atoms with Crippen LogP contribution in [0.2, 0.25) is 0 Å². The summed E-state index contributed by atoms with van der Waals surface area (Å²) in [5.74, 6) is -1.98. The number of amides is 2. The summed E-state index contributed by atoms with van der Waals surface area (Å²) in [5.41, 5.74) is 3.35. The van der Waals surface area contributed by atoms with E-state index in [9.17, 15) is 19.5 Å². The molecule has 9 nitrogen and oxygen atoms in total. The van der Waals surface area contributed by atoms with Crippen molar-refractivity contribution in [3.63, 3.8) is 0 Å². The van der Waals surface area contributed by atoms with Gasteiger partial charge in [0.25, 0.3) is 0 Å². The zero-order valence-corrected chi connectivity index (χ0v) is 19.8. The minimum absolute atomic E-state index is 0.106. The highest BCUT2D eigenvalue weighted by Gasteiger charge is 2.37. The van der Waals surface area contributed by atoms with Crippen molar-refractivity contribution in [1.82, 2.24) is 20.4 Å². The molecule has 2 amide bonds. The molecule has 0 aliphatic heterocycles. The molecule has 0 saturated heterocycles. The van der Waals surface area contributed by atoms with Crippen LogP contribution in [-0.2, 0) is 21.4 Å². The lowest BCUT2D eigenvalue weighted by molar-refractivity contribution is -0.143. The Hall–Kier alpha value is -4.14. The van der Waals surface area contributed by atoms with Gasteiger partial charge in [0, 0.05) is 24.7 Å². The topological polar surface area (TPSA) is 123 Å². The van der Waals surface area contributed by atoms with Crippen LogP contribution in [0.3, 0.4) is 0 Å². The van der Waals surface area contributed by atoms with Gasteiger partial charge in [0.15, 0.2) is 6.04 Å². The smallest absolute Gasteiger partial charge is 0.408 e. The van der Waals surface area contributed by atoms with E-state index in [0.717, 1.165) is 22.3 Å². The number of benzene rings is 2. The van der Waals surface area contributed by atoms with Crippen molar-refractivity contribution in [3.8, 4) is 11.1 Å². The third-order valence-corrected chi connectivity index (χ3v) is 6.51. The van der Waals surface area contributed by atoms with Gasteiger partial charge < -0.3 is 20.5 Å². The summed E-state index contributed by atoms with van der Waals surface area (Å²) in [5, 5.41) is 18.7. The fraction of sp³-hybridized carbons (Fsp3) is 0.308. The summed E-state index contributed by atoms with van der Waals surface area (Å²) in [6.45, 7) is 3.36. The van der Waals surface area contributed by atoms with Gasteiger partial charge in [0.2, 0.25) is 5.91 Å². The average Bonchev–Trinajstić information content (AvgIpc) is 3.41. The predicted molar refractivity (Wildman–Crippen MR) is 129 cm³/mol. The van der Waals surface area contributed by atoms with Crippen molar-refractivity contribution in [3.05, 3.63) is 77.6 Å². The molecule has 3 aromatic rings. The number of fused-ring (bicyclic) bond motifs is 3. The number of alkyl carbamates (subject to hydrolysis) is 1. The van der Waals surface area contributed by atoms with E-state index in [0.29, 0.717) is 5.56 Å². The van der Waals surface area contributed by atoms with Crippen molar-refractivity contribution in [2.45, 2.75) is 37.8 Å². The van der Waals surface area contributed by atoms with Crippen LogP contribution in [0.1, 0.15) is 48.9 Å². The molecular formula is C26H28N4O5. The third kappa shape index (κ3) is 4.75. The Bertz CT molecular complexity index is 1220. The Labute approximate surface area is 203 Å². The summed E-state index contributed by atoms with van der Waals surface area (Å²) >= 11 is 0. The molecule has 2 aromatic carbocycles. The molecular weight excluding hydrogens is 448 g/mol. The number of aliphatic carboxylic acids is 1. The number of carboxylic acid groups (broad SMARTS) is 1. The lowest BCUT2D eigenvalue weighted by Crippen LogP contribution is -2.57. The molecule has 9 heteroatoms. The van der Waals surface area contributed by atoms with Gasteiger partial charge in [-0.2, -0.15) is 5.10 Å². The normalized spacial score (nSPS) is 14.8. The van der Waals surface area contributed by atoms with Crippen LogP contribution in [0.4, 0.5) is 4.79 Å². The maximum atomic E-state index is 13.0. The van der Waals surface area contributed by atoms with Crippen LogP contribution < -0.4 is 10.6 Å². The maximum Gasteiger partial charge on any atom is 0.408 e. The second-order valence-corrected chi connectivity index (χ2v) is 8.83. The Morgan fingerprint density at radius 1 is 1.11 bits per heavy atom. The number of carbonyl (C=O) groups excluding carboxylic acids is 2. The highest BCUT2D eigenvalue weighted by atomic mass is 16.5. The van der Waals surface area contributed by atoms with Crippen LogP contribution >= 0.6 is 0 Å². The van der Waals surface area contributed by atoms with Crippen molar-refractivity contribution in [1.29, 1.82) is 0 Å². The SMILES string of the molecule is CCC(C)(NC(=O)OCC1c2ccccc2-c2ccccc21)C(=O)NC(C(=O)O)c1cnn(C)c1. The van der Waals surface area contributed by atoms with Crippen molar-refractivity contribution < 1.29 is 24.2 Å². The average molecular weight is 477 g/mol. The first-order valence-corrected chi connectivity index (χ1v) is 11.4. The summed E-state index contributed by atoms with van der Waals surface area (Å²) in [4.78, 5) is 37.6. The number of hydrogen-bond donors (Lipinski definition) is 3.